The molecule has 1 aromatic rings. The molecule has 1 rings (SSSR count). The molecule has 4 heteroatoms. The average molecular weight is 214 g/mol. The van der Waals surface area contributed by atoms with Crippen LogP contribution in [0.2, 0.25) is 5.02 Å². The fourth-order valence-corrected chi connectivity index (χ4v) is 1.16. The van der Waals surface area contributed by atoms with Gasteiger partial charge in [0.15, 0.2) is 6.10 Å². The minimum absolute atomic E-state index is 0.144. The lowest BCUT2D eigenvalue weighted by Crippen LogP contribution is -2.14. The Bertz CT molecular complexity index is 310. The first kappa shape index (κ1) is 11.0. The fraction of sp³-hybridized carbons (Fsp3) is 0.300. The third-order valence-electron chi connectivity index (χ3n) is 1.73. The van der Waals surface area contributed by atoms with Gasteiger partial charge in [0.1, 0.15) is 0 Å². The van der Waals surface area contributed by atoms with Gasteiger partial charge in [-0.05, 0) is 24.6 Å². The molecule has 0 radical (unpaired) electrons. The number of benzene rings is 1. The summed E-state index contributed by atoms with van der Waals surface area (Å²) in [6, 6.07) is 6.67. The third kappa shape index (κ3) is 2.72. The SMILES string of the molecule is CCOC(=N)C(O)c1ccc(Cl)cc1. The maximum Gasteiger partial charge on any atom is 0.214 e. The number of rotatable bonds is 3. The molecule has 2 N–H and O–H groups in total. The Hall–Kier alpha value is -1.06. The highest BCUT2D eigenvalue weighted by atomic mass is 35.5. The summed E-state index contributed by atoms with van der Waals surface area (Å²) in [5.41, 5.74) is 0.604. The van der Waals surface area contributed by atoms with E-state index in [1.807, 2.05) is 0 Å². The quantitative estimate of drug-likeness (QED) is 0.598. The predicted molar refractivity (Wildman–Crippen MR) is 55.8 cm³/mol. The molecule has 0 bridgehead atoms. The van der Waals surface area contributed by atoms with E-state index in [2.05, 4.69) is 0 Å². The minimum Gasteiger partial charge on any atom is -0.479 e. The smallest absolute Gasteiger partial charge is 0.214 e. The van der Waals surface area contributed by atoms with Crippen molar-refractivity contribution in [1.82, 2.24) is 0 Å². The number of ether oxygens (including phenoxy) is 1. The van der Waals surface area contributed by atoms with Crippen molar-refractivity contribution in [2.24, 2.45) is 0 Å². The van der Waals surface area contributed by atoms with Crippen LogP contribution in [0.4, 0.5) is 0 Å². The first-order chi connectivity index (χ1) is 6.65. The maximum absolute atomic E-state index is 9.62. The van der Waals surface area contributed by atoms with Gasteiger partial charge in [0.25, 0.3) is 0 Å². The Balaban J connectivity index is 2.73. The molecule has 76 valence electrons. The van der Waals surface area contributed by atoms with Crippen LogP contribution >= 0.6 is 11.6 Å². The van der Waals surface area contributed by atoms with Crippen LogP contribution in [0.3, 0.4) is 0 Å². The number of aliphatic hydroxyl groups is 1. The molecule has 1 aromatic carbocycles. The Morgan fingerprint density at radius 2 is 2.07 bits per heavy atom. The number of hydrogen-bond acceptors (Lipinski definition) is 3. The minimum atomic E-state index is -1.01. The van der Waals surface area contributed by atoms with Gasteiger partial charge in [-0.15, -0.1) is 0 Å². The maximum atomic E-state index is 9.62. The van der Waals surface area contributed by atoms with Crippen LogP contribution in [0.15, 0.2) is 24.3 Å². The number of hydrogen-bond donors (Lipinski definition) is 2. The Morgan fingerprint density at radius 1 is 1.50 bits per heavy atom. The van der Waals surface area contributed by atoms with E-state index in [1.54, 1.807) is 31.2 Å². The van der Waals surface area contributed by atoms with Crippen molar-refractivity contribution in [2.45, 2.75) is 13.0 Å². The van der Waals surface area contributed by atoms with Gasteiger partial charge in [-0.2, -0.15) is 0 Å². The van der Waals surface area contributed by atoms with E-state index in [1.165, 1.54) is 0 Å². The van der Waals surface area contributed by atoms with Crippen LogP contribution in [-0.4, -0.2) is 17.6 Å². The molecule has 0 aliphatic heterocycles. The van der Waals surface area contributed by atoms with Gasteiger partial charge in [0.2, 0.25) is 5.90 Å². The lowest BCUT2D eigenvalue weighted by atomic mass is 10.1. The molecule has 1 unspecified atom stereocenters. The molecular formula is C10H12ClNO2. The standard InChI is InChI=1S/C10H12ClNO2/c1-2-14-10(12)9(13)7-3-5-8(11)6-4-7/h3-6,9,12-13H,2H2,1H3. The second-order valence-corrected chi connectivity index (χ2v) is 3.19. The third-order valence-corrected chi connectivity index (χ3v) is 1.99. The van der Waals surface area contributed by atoms with Crippen molar-refractivity contribution >= 4 is 17.5 Å². The topological polar surface area (TPSA) is 53.3 Å². The zero-order valence-electron chi connectivity index (χ0n) is 7.83. The van der Waals surface area contributed by atoms with Crippen molar-refractivity contribution in [2.75, 3.05) is 6.61 Å². The number of aliphatic hydroxyl groups excluding tert-OH is 1. The lowest BCUT2D eigenvalue weighted by Gasteiger charge is -2.12. The molecule has 0 saturated heterocycles. The molecule has 3 nitrogen and oxygen atoms in total. The summed E-state index contributed by atoms with van der Waals surface area (Å²) in [5, 5.41) is 17.6. The monoisotopic (exact) mass is 213 g/mol. The zero-order valence-corrected chi connectivity index (χ0v) is 8.58. The van der Waals surface area contributed by atoms with E-state index in [-0.39, 0.29) is 5.90 Å². The summed E-state index contributed by atoms with van der Waals surface area (Å²) >= 11 is 5.69. The first-order valence-corrected chi connectivity index (χ1v) is 4.67. The highest BCUT2D eigenvalue weighted by molar-refractivity contribution is 6.30. The molecule has 0 saturated carbocycles. The van der Waals surface area contributed by atoms with Gasteiger partial charge in [-0.1, -0.05) is 23.7 Å². The highest BCUT2D eigenvalue weighted by Gasteiger charge is 2.13. The molecule has 0 aliphatic carbocycles. The van der Waals surface area contributed by atoms with Crippen molar-refractivity contribution in [1.29, 1.82) is 5.41 Å². The Labute approximate surface area is 87.8 Å². The van der Waals surface area contributed by atoms with E-state index < -0.39 is 6.10 Å². The van der Waals surface area contributed by atoms with Crippen LogP contribution < -0.4 is 0 Å². The fourth-order valence-electron chi connectivity index (χ4n) is 1.03. The van der Waals surface area contributed by atoms with E-state index in [0.717, 1.165) is 0 Å². The van der Waals surface area contributed by atoms with E-state index in [4.69, 9.17) is 21.7 Å². The summed E-state index contributed by atoms with van der Waals surface area (Å²) in [4.78, 5) is 0. The summed E-state index contributed by atoms with van der Waals surface area (Å²) in [6.45, 7) is 2.15. The second kappa shape index (κ2) is 4.98. The molecule has 0 heterocycles. The van der Waals surface area contributed by atoms with Crippen molar-refractivity contribution in [3.05, 3.63) is 34.9 Å². The van der Waals surface area contributed by atoms with Crippen LogP contribution in [0.1, 0.15) is 18.6 Å². The average Bonchev–Trinajstić information content (AvgIpc) is 2.18. The molecule has 0 aromatic heterocycles. The van der Waals surface area contributed by atoms with Crippen LogP contribution in [0.5, 0.6) is 0 Å². The molecule has 0 aliphatic rings. The normalized spacial score (nSPS) is 12.2. The molecular weight excluding hydrogens is 202 g/mol. The van der Waals surface area contributed by atoms with Crippen LogP contribution in [0, 0.1) is 5.41 Å². The molecule has 0 amide bonds. The van der Waals surface area contributed by atoms with Gasteiger partial charge in [0.05, 0.1) is 6.61 Å². The number of nitrogens with one attached hydrogen (secondary N) is 1. The summed E-state index contributed by atoms with van der Waals surface area (Å²) < 4.78 is 4.89. The van der Waals surface area contributed by atoms with Gasteiger partial charge in [-0.25, -0.2) is 0 Å². The van der Waals surface area contributed by atoms with Crippen LogP contribution in [0.25, 0.3) is 0 Å². The van der Waals surface area contributed by atoms with Crippen molar-refractivity contribution in [3.8, 4) is 0 Å². The first-order valence-electron chi connectivity index (χ1n) is 4.30. The highest BCUT2D eigenvalue weighted by Crippen LogP contribution is 2.17. The Morgan fingerprint density at radius 3 is 2.57 bits per heavy atom. The molecule has 1 atom stereocenters. The van der Waals surface area contributed by atoms with Crippen LogP contribution in [-0.2, 0) is 4.74 Å². The van der Waals surface area contributed by atoms with Gasteiger partial charge >= 0.3 is 0 Å². The van der Waals surface area contributed by atoms with E-state index in [0.29, 0.717) is 17.2 Å². The van der Waals surface area contributed by atoms with E-state index >= 15 is 0 Å². The van der Waals surface area contributed by atoms with Gasteiger partial charge < -0.3 is 9.84 Å². The van der Waals surface area contributed by atoms with Crippen molar-refractivity contribution in [3.63, 3.8) is 0 Å². The summed E-state index contributed by atoms with van der Waals surface area (Å²) in [7, 11) is 0. The molecule has 14 heavy (non-hydrogen) atoms. The molecule has 0 fully saturated rings. The van der Waals surface area contributed by atoms with Crippen molar-refractivity contribution < 1.29 is 9.84 Å². The van der Waals surface area contributed by atoms with E-state index in [9.17, 15) is 5.11 Å². The lowest BCUT2D eigenvalue weighted by molar-refractivity contribution is 0.190. The van der Waals surface area contributed by atoms with Gasteiger partial charge in [-0.3, -0.25) is 5.41 Å². The molecule has 0 spiro atoms. The van der Waals surface area contributed by atoms with Gasteiger partial charge in [0, 0.05) is 5.02 Å². The summed E-state index contributed by atoms with van der Waals surface area (Å²) in [6.07, 6.45) is -1.01. The largest absolute Gasteiger partial charge is 0.479 e. The Kier molecular flexibility index (Phi) is 3.92. The number of halogens is 1. The predicted octanol–water partition coefficient (Wildman–Crippen LogP) is 2.39. The second-order valence-electron chi connectivity index (χ2n) is 2.75. The zero-order chi connectivity index (χ0) is 10.6. The summed E-state index contributed by atoms with van der Waals surface area (Å²) in [5.74, 6) is -0.144.